The van der Waals surface area contributed by atoms with E-state index >= 15 is 0 Å². The largest absolute Gasteiger partial charge is 0.393 e. The van der Waals surface area contributed by atoms with E-state index in [1.807, 2.05) is 12.1 Å². The Kier molecular flexibility index (Phi) is 3.70. The molecule has 2 nitrogen and oxygen atoms in total. The molecule has 0 saturated heterocycles. The molecule has 1 aliphatic rings. The van der Waals surface area contributed by atoms with Crippen molar-refractivity contribution < 1.29 is 18.3 Å². The molecule has 0 radical (unpaired) electrons. The van der Waals surface area contributed by atoms with Crippen molar-refractivity contribution in [3.05, 3.63) is 59.4 Å². The Morgan fingerprint density at radius 3 is 2.14 bits per heavy atom. The molecule has 22 heavy (non-hydrogen) atoms. The van der Waals surface area contributed by atoms with Gasteiger partial charge in [-0.25, -0.2) is 13.2 Å². The van der Waals surface area contributed by atoms with E-state index in [1.54, 1.807) is 12.1 Å². The van der Waals surface area contributed by atoms with Crippen LogP contribution in [0.5, 0.6) is 0 Å². The number of alkyl halides is 2. The number of hydrogen-bond acceptors (Lipinski definition) is 2. The maximum atomic E-state index is 13.6. The lowest BCUT2D eigenvalue weighted by Crippen LogP contribution is -2.51. The zero-order valence-corrected chi connectivity index (χ0v) is 11.8. The van der Waals surface area contributed by atoms with Gasteiger partial charge in [-0.15, -0.1) is 0 Å². The van der Waals surface area contributed by atoms with E-state index in [-0.39, 0.29) is 6.10 Å². The summed E-state index contributed by atoms with van der Waals surface area (Å²) in [5.74, 6) is -0.908. The van der Waals surface area contributed by atoms with Gasteiger partial charge in [-0.3, -0.25) is 0 Å². The maximum Gasteiger partial charge on any atom is 0.266 e. The summed E-state index contributed by atoms with van der Waals surface area (Å²) in [6.07, 6.45) is -2.15. The van der Waals surface area contributed by atoms with Gasteiger partial charge in [0, 0.05) is 5.54 Å². The fraction of sp³-hybridized carbons (Fsp3) is 0.294. The number of benzene rings is 2. The van der Waals surface area contributed by atoms with Crippen LogP contribution in [0.15, 0.2) is 42.5 Å². The molecular weight excluding hydrogens is 291 g/mol. The number of halogens is 3. The smallest absolute Gasteiger partial charge is 0.266 e. The predicted octanol–water partition coefficient (Wildman–Crippen LogP) is 3.74. The molecule has 5 heteroatoms. The molecule has 0 spiro atoms. The lowest BCUT2D eigenvalue weighted by molar-refractivity contribution is 0.0209. The van der Waals surface area contributed by atoms with Crippen LogP contribution < -0.4 is 5.73 Å². The molecule has 3 N–H and O–H groups in total. The minimum Gasteiger partial charge on any atom is -0.393 e. The maximum absolute atomic E-state index is 13.6. The third-order valence-electron chi connectivity index (χ3n) is 4.23. The Morgan fingerprint density at radius 2 is 1.64 bits per heavy atom. The van der Waals surface area contributed by atoms with Crippen LogP contribution in [-0.2, 0) is 5.54 Å². The average Bonchev–Trinajstić information content (AvgIpc) is 2.45. The molecule has 0 atom stereocenters. The topological polar surface area (TPSA) is 46.2 Å². The van der Waals surface area contributed by atoms with Gasteiger partial charge in [-0.2, -0.15) is 0 Å². The number of nitrogens with two attached hydrogens (primary N) is 1. The molecule has 2 aromatic carbocycles. The number of rotatable bonds is 3. The van der Waals surface area contributed by atoms with Crippen LogP contribution in [0, 0.1) is 5.82 Å². The molecule has 0 aromatic heterocycles. The predicted molar refractivity (Wildman–Crippen MR) is 77.9 cm³/mol. The number of hydrogen-bond donors (Lipinski definition) is 2. The molecule has 0 amide bonds. The summed E-state index contributed by atoms with van der Waals surface area (Å²) in [6.45, 7) is 0. The minimum atomic E-state index is -2.82. The summed E-state index contributed by atoms with van der Waals surface area (Å²) in [6, 6.07) is 10.9. The lowest BCUT2D eigenvalue weighted by atomic mass is 9.70. The van der Waals surface area contributed by atoms with Gasteiger partial charge in [0.2, 0.25) is 0 Å². The quantitative estimate of drug-likeness (QED) is 0.907. The molecule has 1 aliphatic carbocycles. The zero-order chi connectivity index (χ0) is 15.9. The van der Waals surface area contributed by atoms with Crippen LogP contribution >= 0.6 is 0 Å². The molecule has 2 aromatic rings. The standard InChI is InChI=1S/C17H16F3NO/c18-15-7-11(3-6-14(15)16(19)20)10-1-4-12(5-2-10)17(21)8-13(22)9-17/h1-7,13,16,22H,8-9,21H2. The Labute approximate surface area is 126 Å². The lowest BCUT2D eigenvalue weighted by Gasteiger charge is -2.42. The van der Waals surface area contributed by atoms with Crippen LogP contribution in [0.2, 0.25) is 0 Å². The first-order valence-corrected chi connectivity index (χ1v) is 7.04. The Hall–Kier alpha value is -1.85. The fourth-order valence-electron chi connectivity index (χ4n) is 2.90. The summed E-state index contributed by atoms with van der Waals surface area (Å²) >= 11 is 0. The van der Waals surface area contributed by atoms with Crippen molar-refractivity contribution in [3.63, 3.8) is 0 Å². The van der Waals surface area contributed by atoms with Gasteiger partial charge in [0.1, 0.15) is 5.82 Å². The molecule has 0 bridgehead atoms. The molecule has 0 aliphatic heterocycles. The summed E-state index contributed by atoms with van der Waals surface area (Å²) in [5.41, 5.74) is 7.25. The van der Waals surface area contributed by atoms with E-state index in [1.165, 1.54) is 6.07 Å². The molecule has 1 saturated carbocycles. The minimum absolute atomic E-state index is 0.360. The summed E-state index contributed by atoms with van der Waals surface area (Å²) in [7, 11) is 0. The first-order valence-electron chi connectivity index (χ1n) is 7.04. The van der Waals surface area contributed by atoms with Crippen molar-refractivity contribution >= 4 is 0 Å². The average molecular weight is 307 g/mol. The number of aliphatic hydroxyl groups is 1. The fourth-order valence-corrected chi connectivity index (χ4v) is 2.90. The van der Waals surface area contributed by atoms with Gasteiger partial charge in [-0.1, -0.05) is 30.3 Å². The highest BCUT2D eigenvalue weighted by Gasteiger charge is 2.41. The second-order valence-electron chi connectivity index (χ2n) is 5.83. The molecule has 1 fully saturated rings. The molecule has 0 heterocycles. The van der Waals surface area contributed by atoms with Crippen LogP contribution in [0.4, 0.5) is 13.2 Å². The summed E-state index contributed by atoms with van der Waals surface area (Å²) < 4.78 is 38.7. The van der Waals surface area contributed by atoms with Crippen molar-refractivity contribution in [3.8, 4) is 11.1 Å². The SMILES string of the molecule is NC1(c2ccc(-c3ccc(C(F)F)c(F)c3)cc2)CC(O)C1. The van der Waals surface area contributed by atoms with E-state index in [0.29, 0.717) is 18.4 Å². The molecule has 0 unspecified atom stereocenters. The Balaban J connectivity index is 1.86. The van der Waals surface area contributed by atoms with Gasteiger partial charge >= 0.3 is 0 Å². The molecule has 116 valence electrons. The normalized spacial score (nSPS) is 24.4. The van der Waals surface area contributed by atoms with E-state index in [9.17, 15) is 18.3 Å². The van der Waals surface area contributed by atoms with E-state index in [0.717, 1.165) is 23.3 Å². The monoisotopic (exact) mass is 307 g/mol. The van der Waals surface area contributed by atoms with Crippen molar-refractivity contribution in [2.75, 3.05) is 0 Å². The van der Waals surface area contributed by atoms with Crippen molar-refractivity contribution in [2.24, 2.45) is 5.73 Å². The van der Waals surface area contributed by atoms with Crippen molar-refractivity contribution in [1.29, 1.82) is 0 Å². The van der Waals surface area contributed by atoms with Crippen LogP contribution in [-0.4, -0.2) is 11.2 Å². The van der Waals surface area contributed by atoms with E-state index < -0.39 is 23.3 Å². The third-order valence-corrected chi connectivity index (χ3v) is 4.23. The van der Waals surface area contributed by atoms with Gasteiger partial charge in [0.25, 0.3) is 6.43 Å². The van der Waals surface area contributed by atoms with Crippen molar-refractivity contribution in [2.45, 2.75) is 30.9 Å². The van der Waals surface area contributed by atoms with E-state index in [4.69, 9.17) is 5.73 Å². The Morgan fingerprint density at radius 1 is 1.05 bits per heavy atom. The van der Waals surface area contributed by atoms with Gasteiger partial charge in [0.15, 0.2) is 0 Å². The van der Waals surface area contributed by atoms with Crippen LogP contribution in [0.3, 0.4) is 0 Å². The summed E-state index contributed by atoms with van der Waals surface area (Å²) in [5, 5.41) is 9.40. The second-order valence-corrected chi connectivity index (χ2v) is 5.83. The number of aliphatic hydroxyl groups excluding tert-OH is 1. The highest BCUT2D eigenvalue weighted by Crippen LogP contribution is 2.39. The zero-order valence-electron chi connectivity index (χ0n) is 11.8. The second kappa shape index (κ2) is 5.41. The molecular formula is C17H16F3NO. The summed E-state index contributed by atoms with van der Waals surface area (Å²) in [4.78, 5) is 0. The van der Waals surface area contributed by atoms with Crippen molar-refractivity contribution in [1.82, 2.24) is 0 Å². The van der Waals surface area contributed by atoms with E-state index in [2.05, 4.69) is 0 Å². The first kappa shape index (κ1) is 15.1. The third kappa shape index (κ3) is 2.62. The Bertz CT molecular complexity index is 679. The highest BCUT2D eigenvalue weighted by molar-refractivity contribution is 5.64. The van der Waals surface area contributed by atoms with Gasteiger partial charge in [-0.05, 0) is 41.7 Å². The van der Waals surface area contributed by atoms with Gasteiger partial charge in [0.05, 0.1) is 11.7 Å². The van der Waals surface area contributed by atoms with Gasteiger partial charge < -0.3 is 10.8 Å². The van der Waals surface area contributed by atoms with Crippen LogP contribution in [0.1, 0.15) is 30.4 Å². The van der Waals surface area contributed by atoms with Crippen LogP contribution in [0.25, 0.3) is 11.1 Å². The first-order chi connectivity index (χ1) is 10.4. The molecule has 3 rings (SSSR count). The highest BCUT2D eigenvalue weighted by atomic mass is 19.3.